The molecule has 0 radical (unpaired) electrons. The van der Waals surface area contributed by atoms with E-state index in [0.29, 0.717) is 34.6 Å². The minimum atomic E-state index is 0.225. The maximum atomic E-state index is 6.15. The van der Waals surface area contributed by atoms with Gasteiger partial charge in [0, 0.05) is 11.8 Å². The lowest BCUT2D eigenvalue weighted by Crippen LogP contribution is -2.03. The van der Waals surface area contributed by atoms with Gasteiger partial charge in [0.2, 0.25) is 12.7 Å². The van der Waals surface area contributed by atoms with Crippen LogP contribution in [-0.4, -0.2) is 16.8 Å². The third-order valence-corrected chi connectivity index (χ3v) is 3.72. The number of fused-ring (bicyclic) bond motifs is 1. The van der Waals surface area contributed by atoms with Crippen LogP contribution in [0.1, 0.15) is 5.56 Å². The lowest BCUT2D eigenvalue weighted by molar-refractivity contribution is 0.174. The first kappa shape index (κ1) is 15.1. The Morgan fingerprint density at radius 1 is 1.04 bits per heavy atom. The van der Waals surface area contributed by atoms with Gasteiger partial charge in [0.15, 0.2) is 17.3 Å². The summed E-state index contributed by atoms with van der Waals surface area (Å²) < 4.78 is 16.4. The summed E-state index contributed by atoms with van der Waals surface area (Å²) in [4.78, 5) is 8.30. The molecule has 0 spiro atoms. The number of hydrogen-bond acceptors (Lipinski definition) is 7. The van der Waals surface area contributed by atoms with Gasteiger partial charge in [-0.15, -0.1) is 0 Å². The molecular weight excluding hydrogens is 320 g/mol. The minimum Gasteiger partial charge on any atom is -0.454 e. The molecule has 25 heavy (non-hydrogen) atoms. The number of anilines is 3. The van der Waals surface area contributed by atoms with E-state index >= 15 is 0 Å². The predicted octanol–water partition coefficient (Wildman–Crippen LogP) is 3.63. The molecule has 2 heterocycles. The van der Waals surface area contributed by atoms with E-state index in [4.69, 9.17) is 19.9 Å². The van der Waals surface area contributed by atoms with Crippen molar-refractivity contribution in [2.45, 2.75) is 6.92 Å². The van der Waals surface area contributed by atoms with E-state index in [1.54, 1.807) is 0 Å². The zero-order valence-corrected chi connectivity index (χ0v) is 13.5. The van der Waals surface area contributed by atoms with Crippen molar-refractivity contribution in [3.05, 3.63) is 54.4 Å². The highest BCUT2D eigenvalue weighted by molar-refractivity contribution is 5.73. The van der Waals surface area contributed by atoms with Crippen molar-refractivity contribution in [1.29, 1.82) is 0 Å². The Morgan fingerprint density at radius 3 is 2.68 bits per heavy atom. The molecule has 4 rings (SSSR count). The van der Waals surface area contributed by atoms with Gasteiger partial charge in [0.05, 0.1) is 0 Å². The summed E-state index contributed by atoms with van der Waals surface area (Å²) in [6, 6.07) is 13.1. The van der Waals surface area contributed by atoms with Crippen LogP contribution in [0.4, 0.5) is 17.2 Å². The van der Waals surface area contributed by atoms with Crippen LogP contribution in [0.2, 0.25) is 0 Å². The molecule has 7 heteroatoms. The minimum absolute atomic E-state index is 0.225. The number of aromatic nitrogens is 2. The molecule has 2 aromatic carbocycles. The van der Waals surface area contributed by atoms with Crippen molar-refractivity contribution < 1.29 is 14.2 Å². The van der Waals surface area contributed by atoms with Crippen LogP contribution < -0.4 is 25.3 Å². The van der Waals surface area contributed by atoms with Crippen LogP contribution in [0.25, 0.3) is 0 Å². The van der Waals surface area contributed by atoms with E-state index < -0.39 is 0 Å². The summed E-state index contributed by atoms with van der Waals surface area (Å²) in [5, 5.41) is 3.15. The third-order valence-electron chi connectivity index (χ3n) is 3.72. The quantitative estimate of drug-likeness (QED) is 0.751. The van der Waals surface area contributed by atoms with Gasteiger partial charge in [-0.3, -0.25) is 0 Å². The topological polar surface area (TPSA) is 91.5 Å². The number of nitrogens with one attached hydrogen (secondary N) is 1. The number of hydrogen-bond donors (Lipinski definition) is 2. The number of nitrogens with two attached hydrogens (primary N) is 1. The Morgan fingerprint density at radius 2 is 1.84 bits per heavy atom. The first-order chi connectivity index (χ1) is 12.2. The zero-order valence-electron chi connectivity index (χ0n) is 13.5. The summed E-state index contributed by atoms with van der Waals surface area (Å²) in [5.74, 6) is 2.79. The molecule has 0 fully saturated rings. The molecule has 0 bridgehead atoms. The molecule has 0 amide bonds. The highest BCUT2D eigenvalue weighted by Crippen LogP contribution is 2.36. The van der Waals surface area contributed by atoms with Gasteiger partial charge in [-0.1, -0.05) is 17.7 Å². The van der Waals surface area contributed by atoms with Gasteiger partial charge >= 0.3 is 0 Å². The molecule has 0 saturated heterocycles. The summed E-state index contributed by atoms with van der Waals surface area (Å²) in [6.07, 6.45) is 1.40. The fraction of sp³-hybridized carbons (Fsp3) is 0.111. The second-order valence-electron chi connectivity index (χ2n) is 5.55. The number of ether oxygens (including phenoxy) is 3. The smallest absolute Gasteiger partial charge is 0.248 e. The summed E-state index contributed by atoms with van der Waals surface area (Å²) in [7, 11) is 0. The Kier molecular flexibility index (Phi) is 3.74. The Labute approximate surface area is 144 Å². The van der Waals surface area contributed by atoms with Gasteiger partial charge < -0.3 is 25.3 Å². The Hall–Kier alpha value is -3.48. The van der Waals surface area contributed by atoms with E-state index in [-0.39, 0.29) is 6.79 Å². The van der Waals surface area contributed by atoms with Gasteiger partial charge in [0.1, 0.15) is 17.8 Å². The molecule has 0 atom stereocenters. The Balaban J connectivity index is 1.57. The third kappa shape index (κ3) is 3.12. The van der Waals surface area contributed by atoms with E-state index in [1.165, 1.54) is 6.33 Å². The molecule has 0 aliphatic carbocycles. The number of nitrogens with zero attached hydrogens (tertiary/aromatic N) is 2. The van der Waals surface area contributed by atoms with Crippen LogP contribution in [0.15, 0.2) is 48.8 Å². The van der Waals surface area contributed by atoms with Crippen LogP contribution >= 0.6 is 0 Å². The summed E-state index contributed by atoms with van der Waals surface area (Å²) in [6.45, 7) is 2.24. The van der Waals surface area contributed by atoms with Gasteiger partial charge in [0.25, 0.3) is 0 Å². The molecule has 3 N–H and O–H groups in total. The van der Waals surface area contributed by atoms with Gasteiger partial charge in [-0.05, 0) is 31.2 Å². The van der Waals surface area contributed by atoms with Crippen molar-refractivity contribution in [2.24, 2.45) is 0 Å². The lowest BCUT2D eigenvalue weighted by atomic mass is 10.2. The molecule has 1 aromatic heterocycles. The number of benzene rings is 2. The van der Waals surface area contributed by atoms with Crippen LogP contribution in [0.5, 0.6) is 23.1 Å². The zero-order chi connectivity index (χ0) is 17.2. The van der Waals surface area contributed by atoms with Crippen LogP contribution in [-0.2, 0) is 0 Å². The fourth-order valence-electron chi connectivity index (χ4n) is 2.39. The van der Waals surface area contributed by atoms with E-state index in [0.717, 1.165) is 11.3 Å². The normalized spacial score (nSPS) is 12.0. The van der Waals surface area contributed by atoms with Crippen molar-refractivity contribution in [3.8, 4) is 23.1 Å². The van der Waals surface area contributed by atoms with E-state index in [2.05, 4.69) is 15.3 Å². The SMILES string of the molecule is Cc1ccc(Oc2ncnc(Nc3ccc4c(c3)OCO4)c2N)cc1. The highest BCUT2D eigenvalue weighted by atomic mass is 16.7. The molecule has 7 nitrogen and oxygen atoms in total. The second kappa shape index (κ2) is 6.20. The summed E-state index contributed by atoms with van der Waals surface area (Å²) in [5.41, 5.74) is 8.39. The average molecular weight is 336 g/mol. The molecule has 1 aliphatic heterocycles. The number of rotatable bonds is 4. The molecule has 3 aromatic rings. The second-order valence-corrected chi connectivity index (χ2v) is 5.55. The molecule has 126 valence electrons. The first-order valence-corrected chi connectivity index (χ1v) is 7.71. The maximum Gasteiger partial charge on any atom is 0.248 e. The largest absolute Gasteiger partial charge is 0.454 e. The summed E-state index contributed by atoms with van der Waals surface area (Å²) >= 11 is 0. The van der Waals surface area contributed by atoms with Crippen molar-refractivity contribution >= 4 is 17.2 Å². The molecule has 1 aliphatic rings. The van der Waals surface area contributed by atoms with Crippen molar-refractivity contribution in [1.82, 2.24) is 9.97 Å². The molecular formula is C18H16N4O3. The van der Waals surface area contributed by atoms with Crippen LogP contribution in [0, 0.1) is 6.92 Å². The number of nitrogen functional groups attached to an aromatic ring is 1. The first-order valence-electron chi connectivity index (χ1n) is 7.71. The van der Waals surface area contributed by atoms with Crippen molar-refractivity contribution in [2.75, 3.05) is 17.8 Å². The molecule has 0 unspecified atom stereocenters. The molecule has 0 saturated carbocycles. The van der Waals surface area contributed by atoms with E-state index in [1.807, 2.05) is 49.4 Å². The average Bonchev–Trinajstić information content (AvgIpc) is 3.08. The van der Waals surface area contributed by atoms with Gasteiger partial charge in [-0.25, -0.2) is 4.98 Å². The van der Waals surface area contributed by atoms with E-state index in [9.17, 15) is 0 Å². The monoisotopic (exact) mass is 336 g/mol. The van der Waals surface area contributed by atoms with Crippen molar-refractivity contribution in [3.63, 3.8) is 0 Å². The lowest BCUT2D eigenvalue weighted by Gasteiger charge is -2.12. The fourth-order valence-corrected chi connectivity index (χ4v) is 2.39. The standard InChI is InChI=1S/C18H16N4O3/c1-11-2-5-13(6-3-11)25-18-16(19)17(20-9-21-18)22-12-4-7-14-15(8-12)24-10-23-14/h2-9H,10,19H2,1H3,(H,20,21,22). The van der Waals surface area contributed by atoms with Crippen LogP contribution in [0.3, 0.4) is 0 Å². The van der Waals surface area contributed by atoms with Gasteiger partial charge in [-0.2, -0.15) is 4.98 Å². The number of aryl methyl sites for hydroxylation is 1. The maximum absolute atomic E-state index is 6.15. The predicted molar refractivity (Wildman–Crippen MR) is 93.5 cm³/mol. The highest BCUT2D eigenvalue weighted by Gasteiger charge is 2.15. The Bertz CT molecular complexity index is 913.